The molecular formula is C69H60BN3. The molecule has 4 heteroatoms. The minimum atomic E-state index is -0.268. The molecule has 0 spiro atoms. The highest BCUT2D eigenvalue weighted by molar-refractivity contribution is 6.89. The first-order chi connectivity index (χ1) is 35.2. The molecule has 0 amide bonds. The predicted molar refractivity (Wildman–Crippen MR) is 310 cm³/mol. The van der Waals surface area contributed by atoms with Crippen LogP contribution in [0.3, 0.4) is 0 Å². The first-order valence-electron chi connectivity index (χ1n) is 26.3. The molecule has 4 aliphatic rings. The molecule has 0 fully saturated rings. The molecule has 0 N–H and O–H groups in total. The lowest BCUT2D eigenvalue weighted by molar-refractivity contribution is 0.521. The van der Waals surface area contributed by atoms with Gasteiger partial charge in [0.1, 0.15) is 0 Å². The van der Waals surface area contributed by atoms with Crippen molar-refractivity contribution in [2.45, 2.75) is 84.0 Å². The van der Waals surface area contributed by atoms with E-state index in [0.29, 0.717) is 0 Å². The average Bonchev–Trinajstić information content (AvgIpc) is 3.87. The summed E-state index contributed by atoms with van der Waals surface area (Å²) >= 11 is 0. The van der Waals surface area contributed by atoms with Gasteiger partial charge >= 0.3 is 6.85 Å². The number of para-hydroxylation sites is 3. The number of fused-ring (bicyclic) bond motifs is 11. The summed E-state index contributed by atoms with van der Waals surface area (Å²) in [5, 5.41) is 1.33. The van der Waals surface area contributed by atoms with E-state index in [1.807, 2.05) is 0 Å². The maximum atomic E-state index is 2.83. The zero-order chi connectivity index (χ0) is 49.9. The second-order valence-electron chi connectivity index (χ2n) is 23.7. The molecule has 14 rings (SSSR count). The van der Waals surface area contributed by atoms with Gasteiger partial charge in [0.15, 0.2) is 0 Å². The van der Waals surface area contributed by atoms with Gasteiger partial charge in [0.2, 0.25) is 0 Å². The Morgan fingerprint density at radius 3 is 1.64 bits per heavy atom. The molecule has 2 aliphatic carbocycles. The monoisotopic (exact) mass is 941 g/mol. The summed E-state index contributed by atoms with van der Waals surface area (Å²) in [6.07, 6.45) is 0. The van der Waals surface area contributed by atoms with E-state index in [0.717, 1.165) is 17.1 Å². The van der Waals surface area contributed by atoms with Crippen LogP contribution in [0.25, 0.3) is 44.3 Å². The normalized spacial score (nSPS) is 15.7. The third-order valence-electron chi connectivity index (χ3n) is 17.5. The highest BCUT2D eigenvalue weighted by atomic mass is 15.2. The van der Waals surface area contributed by atoms with E-state index in [1.165, 1.54) is 111 Å². The highest BCUT2D eigenvalue weighted by Crippen LogP contribution is 2.58. The fraction of sp³-hybridized carbons (Fsp3) is 0.188. The van der Waals surface area contributed by atoms with Crippen LogP contribution in [0.5, 0.6) is 0 Å². The Hall–Kier alpha value is -7.82. The van der Waals surface area contributed by atoms with Crippen molar-refractivity contribution in [2.75, 3.05) is 9.80 Å². The zero-order valence-electron chi connectivity index (χ0n) is 43.5. The lowest BCUT2D eigenvalue weighted by atomic mass is 9.43. The Morgan fingerprint density at radius 2 is 1.00 bits per heavy atom. The number of hydrogen-bond donors (Lipinski definition) is 0. The fourth-order valence-electron chi connectivity index (χ4n) is 13.9. The summed E-state index contributed by atoms with van der Waals surface area (Å²) in [7, 11) is 0. The Labute approximate surface area is 431 Å². The number of rotatable bonds is 5. The van der Waals surface area contributed by atoms with E-state index in [9.17, 15) is 0 Å². The van der Waals surface area contributed by atoms with Gasteiger partial charge in [0.05, 0.1) is 5.69 Å². The standard InChI is InChI=1S/C69H60BN3/c1-66(2,3)44-36-37-59(51(38-44)43-24-13-10-14-25-43)72-60-42-57-56(67(4,5)54-34-21-22-35-55(54)68(57,6)7)41-58(60)70-63-52(39-47(40-61(63)72)71(45-26-15-11-16-27-45)46-28-17-12-18-29-46)48-31-23-32-50-62-49-30-19-20-33-53(49)69(8,9)65(62)73(70)64(48)50/h10-42H,1-9H3. The molecule has 354 valence electrons. The molecule has 3 nitrogen and oxygen atoms in total. The molecule has 2 aliphatic heterocycles. The van der Waals surface area contributed by atoms with Crippen molar-refractivity contribution in [1.29, 1.82) is 0 Å². The second kappa shape index (κ2) is 15.1. The molecule has 0 saturated heterocycles. The molecule has 1 aromatic heterocycles. The van der Waals surface area contributed by atoms with Crippen LogP contribution >= 0.6 is 0 Å². The largest absolute Gasteiger partial charge is 0.378 e. The third kappa shape index (κ3) is 6.01. The maximum Gasteiger partial charge on any atom is 0.332 e. The minimum absolute atomic E-state index is 0.0613. The highest BCUT2D eigenvalue weighted by Gasteiger charge is 2.51. The van der Waals surface area contributed by atoms with Crippen molar-refractivity contribution in [3.63, 3.8) is 0 Å². The molecule has 9 aromatic carbocycles. The van der Waals surface area contributed by atoms with Crippen LogP contribution in [-0.2, 0) is 21.7 Å². The van der Waals surface area contributed by atoms with E-state index < -0.39 is 0 Å². The SMILES string of the molecule is CC(C)(C)c1ccc(N2c3cc4c(cc3B3c5c(cc(N(c6ccccc6)c6ccccc6)cc52)-c2cccc5c6c(n3c25)C(C)(C)c2ccccc2-6)C(C)(C)c2ccccc2C4(C)C)c(-c2ccccc2)c1. The van der Waals surface area contributed by atoms with Crippen molar-refractivity contribution in [1.82, 2.24) is 4.48 Å². The fourth-order valence-corrected chi connectivity index (χ4v) is 13.9. The number of benzene rings is 9. The van der Waals surface area contributed by atoms with Gasteiger partial charge in [0, 0.05) is 78.0 Å². The van der Waals surface area contributed by atoms with Gasteiger partial charge in [-0.15, -0.1) is 0 Å². The first kappa shape index (κ1) is 43.9. The Kier molecular flexibility index (Phi) is 9.10. The summed E-state index contributed by atoms with van der Waals surface area (Å²) in [5.74, 6) is 0. The van der Waals surface area contributed by atoms with Crippen LogP contribution in [0.15, 0.2) is 200 Å². The van der Waals surface area contributed by atoms with Crippen molar-refractivity contribution in [3.8, 4) is 33.4 Å². The van der Waals surface area contributed by atoms with E-state index >= 15 is 0 Å². The minimum Gasteiger partial charge on any atom is -0.378 e. The lowest BCUT2D eigenvalue weighted by Gasteiger charge is -2.47. The predicted octanol–water partition coefficient (Wildman–Crippen LogP) is 16.8. The molecule has 0 bridgehead atoms. The van der Waals surface area contributed by atoms with Crippen LogP contribution in [0.2, 0.25) is 0 Å². The molecule has 3 heterocycles. The van der Waals surface area contributed by atoms with Gasteiger partial charge in [-0.05, 0) is 121 Å². The summed E-state index contributed by atoms with van der Waals surface area (Å²) < 4.78 is 2.83. The summed E-state index contributed by atoms with van der Waals surface area (Å²) in [6, 6.07) is 76.2. The summed E-state index contributed by atoms with van der Waals surface area (Å²) in [6.45, 7) is 21.6. The van der Waals surface area contributed by atoms with Gasteiger partial charge in [-0.3, -0.25) is 0 Å². The molecule has 0 radical (unpaired) electrons. The van der Waals surface area contributed by atoms with Crippen LogP contribution in [0.4, 0.5) is 34.1 Å². The van der Waals surface area contributed by atoms with Gasteiger partial charge in [-0.1, -0.05) is 208 Å². The van der Waals surface area contributed by atoms with E-state index in [2.05, 4.69) is 277 Å². The molecule has 73 heavy (non-hydrogen) atoms. The van der Waals surface area contributed by atoms with Gasteiger partial charge in [0.25, 0.3) is 0 Å². The molecule has 0 unspecified atom stereocenters. The second-order valence-corrected chi connectivity index (χ2v) is 23.7. The number of nitrogens with zero attached hydrogens (tertiary/aromatic N) is 3. The zero-order valence-corrected chi connectivity index (χ0v) is 43.5. The first-order valence-corrected chi connectivity index (χ1v) is 26.3. The Balaban J connectivity index is 1.18. The summed E-state index contributed by atoms with van der Waals surface area (Å²) in [4.78, 5) is 5.15. The average molecular weight is 942 g/mol. The third-order valence-corrected chi connectivity index (χ3v) is 17.5. The van der Waals surface area contributed by atoms with Crippen LogP contribution < -0.4 is 20.7 Å². The molecule has 0 atom stereocenters. The smallest absolute Gasteiger partial charge is 0.332 e. The lowest BCUT2D eigenvalue weighted by Crippen LogP contribution is -2.58. The van der Waals surface area contributed by atoms with E-state index in [1.54, 1.807) is 0 Å². The van der Waals surface area contributed by atoms with Crippen LogP contribution in [0.1, 0.15) is 101 Å². The topological polar surface area (TPSA) is 11.4 Å². The quantitative estimate of drug-likeness (QED) is 0.159. The Morgan fingerprint density at radius 1 is 0.425 bits per heavy atom. The van der Waals surface area contributed by atoms with Crippen molar-refractivity contribution in [3.05, 3.63) is 239 Å². The molecule has 10 aromatic rings. The molecular weight excluding hydrogens is 882 g/mol. The van der Waals surface area contributed by atoms with Gasteiger partial charge in [-0.2, -0.15) is 0 Å². The van der Waals surface area contributed by atoms with Gasteiger partial charge < -0.3 is 14.3 Å². The van der Waals surface area contributed by atoms with Crippen molar-refractivity contribution < 1.29 is 0 Å². The van der Waals surface area contributed by atoms with Crippen LogP contribution in [0, 0.1) is 0 Å². The molecule has 0 saturated carbocycles. The van der Waals surface area contributed by atoms with Crippen LogP contribution in [-0.4, -0.2) is 11.3 Å². The van der Waals surface area contributed by atoms with E-state index in [4.69, 9.17) is 0 Å². The van der Waals surface area contributed by atoms with Gasteiger partial charge in [-0.25, -0.2) is 0 Å². The Bertz CT molecular complexity index is 3890. The summed E-state index contributed by atoms with van der Waals surface area (Å²) in [5.41, 5.74) is 27.5. The van der Waals surface area contributed by atoms with E-state index in [-0.39, 0.29) is 28.5 Å². The maximum absolute atomic E-state index is 2.83. The number of aromatic nitrogens is 1. The number of anilines is 6. The van der Waals surface area contributed by atoms with Crippen molar-refractivity contribution in [2.24, 2.45) is 0 Å². The number of hydrogen-bond acceptors (Lipinski definition) is 2. The van der Waals surface area contributed by atoms with Crippen molar-refractivity contribution >= 4 is 62.8 Å².